The summed E-state index contributed by atoms with van der Waals surface area (Å²) in [5.41, 5.74) is 3.44. The van der Waals surface area contributed by atoms with Crippen LogP contribution in [0.1, 0.15) is 66.1 Å². The van der Waals surface area contributed by atoms with Crippen molar-refractivity contribution < 1.29 is 19.4 Å². The third-order valence-corrected chi connectivity index (χ3v) is 5.69. The first-order valence-corrected chi connectivity index (χ1v) is 11.5. The lowest BCUT2D eigenvalue weighted by Gasteiger charge is -2.20. The number of hydrogen-bond donors (Lipinski definition) is 1. The third kappa shape index (κ3) is 7.60. The van der Waals surface area contributed by atoms with E-state index in [1.54, 1.807) is 0 Å². The Morgan fingerprint density at radius 1 is 0.909 bits per heavy atom. The van der Waals surface area contributed by atoms with Crippen molar-refractivity contribution in [2.75, 3.05) is 0 Å². The van der Waals surface area contributed by atoms with Crippen LogP contribution < -0.4 is 4.74 Å². The van der Waals surface area contributed by atoms with E-state index in [1.807, 2.05) is 66.7 Å². The summed E-state index contributed by atoms with van der Waals surface area (Å²) >= 11 is 0. The second kappa shape index (κ2) is 12.0. The molecule has 0 saturated carbocycles. The van der Waals surface area contributed by atoms with Crippen molar-refractivity contribution in [1.82, 2.24) is 0 Å². The van der Waals surface area contributed by atoms with Crippen molar-refractivity contribution in [1.29, 1.82) is 0 Å². The molecule has 0 fully saturated rings. The molecule has 0 saturated heterocycles. The molecule has 0 bridgehead atoms. The maximum absolute atomic E-state index is 13.5. The van der Waals surface area contributed by atoms with E-state index in [1.165, 1.54) is 0 Å². The Labute approximate surface area is 196 Å². The second-order valence-corrected chi connectivity index (χ2v) is 8.85. The first-order valence-electron chi connectivity index (χ1n) is 11.5. The van der Waals surface area contributed by atoms with E-state index < -0.39 is 5.97 Å². The second-order valence-electron chi connectivity index (χ2n) is 8.85. The molecular weight excluding hydrogens is 412 g/mol. The molecule has 0 radical (unpaired) electrons. The van der Waals surface area contributed by atoms with Crippen LogP contribution in [-0.4, -0.2) is 16.9 Å². The molecule has 4 nitrogen and oxygen atoms in total. The number of carbonyl (C=O) groups is 2. The standard InChI is InChI=1S/C29H32O4/c1-21(2)17-25(23-9-5-3-6-10-23)19-28(30)27-18-22(13-14-24(27)15-16-29(31)32)20-33-26-11-7-4-8-12-26/h3-14,18,21,25H,15-17,19-20H2,1-2H3,(H,31,32). The summed E-state index contributed by atoms with van der Waals surface area (Å²) < 4.78 is 5.86. The van der Waals surface area contributed by atoms with Crippen LogP contribution in [0.25, 0.3) is 0 Å². The van der Waals surface area contributed by atoms with Crippen LogP contribution in [-0.2, 0) is 17.8 Å². The van der Waals surface area contributed by atoms with E-state index in [0.29, 0.717) is 30.9 Å². The lowest BCUT2D eigenvalue weighted by Crippen LogP contribution is -2.13. The Morgan fingerprint density at radius 3 is 2.21 bits per heavy atom. The van der Waals surface area contributed by atoms with Crippen molar-refractivity contribution in [2.24, 2.45) is 5.92 Å². The van der Waals surface area contributed by atoms with Gasteiger partial charge in [-0.3, -0.25) is 9.59 Å². The summed E-state index contributed by atoms with van der Waals surface area (Å²) in [7, 11) is 0. The zero-order chi connectivity index (χ0) is 23.6. The number of Topliss-reactive ketones (excluding diaryl/α,β-unsaturated/α-hetero) is 1. The van der Waals surface area contributed by atoms with E-state index >= 15 is 0 Å². The molecule has 0 amide bonds. The fourth-order valence-electron chi connectivity index (χ4n) is 4.08. The predicted molar refractivity (Wildman–Crippen MR) is 131 cm³/mol. The number of carboxylic acid groups (broad SMARTS) is 1. The summed E-state index contributed by atoms with van der Waals surface area (Å²) in [6.07, 6.45) is 1.63. The molecule has 1 unspecified atom stereocenters. The number of rotatable bonds is 12. The van der Waals surface area contributed by atoms with Gasteiger partial charge in [0.25, 0.3) is 0 Å². The number of ketones is 1. The van der Waals surface area contributed by atoms with Crippen LogP contribution >= 0.6 is 0 Å². The maximum Gasteiger partial charge on any atom is 0.303 e. The van der Waals surface area contributed by atoms with Gasteiger partial charge in [-0.1, -0.05) is 74.5 Å². The minimum Gasteiger partial charge on any atom is -0.489 e. The molecule has 1 N–H and O–H groups in total. The first-order chi connectivity index (χ1) is 15.9. The lowest BCUT2D eigenvalue weighted by molar-refractivity contribution is -0.136. The molecule has 172 valence electrons. The number of benzene rings is 3. The summed E-state index contributed by atoms with van der Waals surface area (Å²) in [4.78, 5) is 24.7. The highest BCUT2D eigenvalue weighted by molar-refractivity contribution is 5.98. The van der Waals surface area contributed by atoms with E-state index in [-0.39, 0.29) is 18.1 Å². The highest BCUT2D eigenvalue weighted by Crippen LogP contribution is 2.30. The van der Waals surface area contributed by atoms with Gasteiger partial charge in [0.15, 0.2) is 5.78 Å². The van der Waals surface area contributed by atoms with Crippen LogP contribution in [0.2, 0.25) is 0 Å². The van der Waals surface area contributed by atoms with E-state index in [9.17, 15) is 9.59 Å². The molecular formula is C29H32O4. The van der Waals surface area contributed by atoms with E-state index in [2.05, 4.69) is 26.0 Å². The molecule has 4 heteroatoms. The van der Waals surface area contributed by atoms with Gasteiger partial charge in [-0.15, -0.1) is 0 Å². The average Bonchev–Trinajstić information content (AvgIpc) is 2.82. The van der Waals surface area contributed by atoms with Crippen LogP contribution in [0.5, 0.6) is 5.75 Å². The molecule has 0 aliphatic carbocycles. The topological polar surface area (TPSA) is 63.6 Å². The largest absolute Gasteiger partial charge is 0.489 e. The molecule has 0 aliphatic rings. The van der Waals surface area contributed by atoms with Gasteiger partial charge >= 0.3 is 5.97 Å². The van der Waals surface area contributed by atoms with Gasteiger partial charge < -0.3 is 9.84 Å². The Kier molecular flexibility index (Phi) is 8.82. The molecule has 0 heterocycles. The number of para-hydroxylation sites is 1. The van der Waals surface area contributed by atoms with Crippen LogP contribution in [0, 0.1) is 5.92 Å². The van der Waals surface area contributed by atoms with Crippen LogP contribution in [0.15, 0.2) is 78.9 Å². The normalized spacial score (nSPS) is 11.8. The number of aliphatic carboxylic acids is 1. The zero-order valence-corrected chi connectivity index (χ0v) is 19.4. The smallest absolute Gasteiger partial charge is 0.303 e. The maximum atomic E-state index is 13.5. The minimum atomic E-state index is -0.869. The highest BCUT2D eigenvalue weighted by Gasteiger charge is 2.21. The predicted octanol–water partition coefficient (Wildman–Crippen LogP) is 6.69. The number of ether oxygens (including phenoxy) is 1. The van der Waals surface area contributed by atoms with Gasteiger partial charge in [0.1, 0.15) is 12.4 Å². The number of hydrogen-bond acceptors (Lipinski definition) is 3. The summed E-state index contributed by atoms with van der Waals surface area (Å²) in [5, 5.41) is 9.16. The third-order valence-electron chi connectivity index (χ3n) is 5.69. The first kappa shape index (κ1) is 24.2. The Bertz CT molecular complexity index is 1040. The number of carboxylic acids is 1. The average molecular weight is 445 g/mol. The van der Waals surface area contributed by atoms with Crippen LogP contribution in [0.4, 0.5) is 0 Å². The number of aryl methyl sites for hydroxylation is 1. The van der Waals surface area contributed by atoms with E-state index in [4.69, 9.17) is 9.84 Å². The van der Waals surface area contributed by atoms with Crippen LogP contribution in [0.3, 0.4) is 0 Å². The van der Waals surface area contributed by atoms with Gasteiger partial charge in [-0.05, 0) is 59.6 Å². The summed E-state index contributed by atoms with van der Waals surface area (Å²) in [6, 6.07) is 25.4. The van der Waals surface area contributed by atoms with Crippen molar-refractivity contribution in [3.05, 3.63) is 101 Å². The Hall–Kier alpha value is -3.40. The highest BCUT2D eigenvalue weighted by atomic mass is 16.5. The quantitative estimate of drug-likeness (QED) is 0.316. The molecule has 0 spiro atoms. The number of carbonyl (C=O) groups excluding carboxylic acids is 1. The molecule has 0 aliphatic heterocycles. The summed E-state index contributed by atoms with van der Waals surface area (Å²) in [6.45, 7) is 4.68. The Morgan fingerprint density at radius 2 is 1.58 bits per heavy atom. The lowest BCUT2D eigenvalue weighted by atomic mass is 9.84. The van der Waals surface area contributed by atoms with Gasteiger partial charge in [0, 0.05) is 18.4 Å². The molecule has 0 aromatic heterocycles. The van der Waals surface area contributed by atoms with Crippen molar-refractivity contribution >= 4 is 11.8 Å². The minimum absolute atomic E-state index is 0.00570. The van der Waals surface area contributed by atoms with Gasteiger partial charge in [0.05, 0.1) is 0 Å². The van der Waals surface area contributed by atoms with Gasteiger partial charge in [0.2, 0.25) is 0 Å². The monoisotopic (exact) mass is 444 g/mol. The van der Waals surface area contributed by atoms with Crippen molar-refractivity contribution in [2.45, 2.75) is 52.1 Å². The van der Waals surface area contributed by atoms with Crippen molar-refractivity contribution in [3.8, 4) is 5.75 Å². The van der Waals surface area contributed by atoms with Gasteiger partial charge in [-0.2, -0.15) is 0 Å². The van der Waals surface area contributed by atoms with Gasteiger partial charge in [-0.25, -0.2) is 0 Å². The fourth-order valence-corrected chi connectivity index (χ4v) is 4.08. The molecule has 3 aromatic carbocycles. The summed E-state index contributed by atoms with van der Waals surface area (Å²) in [5.74, 6) is 0.523. The molecule has 1 atom stereocenters. The zero-order valence-electron chi connectivity index (χ0n) is 19.4. The van der Waals surface area contributed by atoms with E-state index in [0.717, 1.165) is 28.9 Å². The molecule has 3 rings (SSSR count). The fraction of sp³-hybridized carbons (Fsp3) is 0.310. The SMILES string of the molecule is CC(C)CC(CC(=O)c1cc(COc2ccccc2)ccc1CCC(=O)O)c1ccccc1. The molecule has 33 heavy (non-hydrogen) atoms. The van der Waals surface area contributed by atoms with Crippen molar-refractivity contribution in [3.63, 3.8) is 0 Å². The molecule has 3 aromatic rings. The Balaban J connectivity index is 1.84.